The second-order valence-electron chi connectivity index (χ2n) is 6.50. The standard InChI is InChI=1S/C19H26F3N5S/c1-4-23-18(24-10-9-17-26-16(13-28-17)19(20,21)22)25-11-14-7-5-6-8-15(14)12-27(2)3/h5-8,13H,4,9-12H2,1-3H3,(H2,23,24,25). The summed E-state index contributed by atoms with van der Waals surface area (Å²) >= 11 is 1.02. The predicted molar refractivity (Wildman–Crippen MR) is 107 cm³/mol. The van der Waals surface area contributed by atoms with Gasteiger partial charge in [-0.1, -0.05) is 24.3 Å². The van der Waals surface area contributed by atoms with E-state index >= 15 is 0 Å². The highest BCUT2D eigenvalue weighted by molar-refractivity contribution is 7.09. The van der Waals surface area contributed by atoms with Crippen molar-refractivity contribution < 1.29 is 13.2 Å². The first-order valence-corrected chi connectivity index (χ1v) is 9.93. The van der Waals surface area contributed by atoms with Gasteiger partial charge in [-0.2, -0.15) is 13.2 Å². The molecule has 2 rings (SSSR count). The number of guanidine groups is 1. The van der Waals surface area contributed by atoms with Crippen LogP contribution in [-0.4, -0.2) is 43.0 Å². The molecule has 0 bridgehead atoms. The van der Waals surface area contributed by atoms with Crippen molar-refractivity contribution in [2.75, 3.05) is 27.2 Å². The third-order valence-corrected chi connectivity index (χ3v) is 4.74. The van der Waals surface area contributed by atoms with Crippen molar-refractivity contribution in [3.63, 3.8) is 0 Å². The molecule has 0 atom stereocenters. The topological polar surface area (TPSA) is 52.6 Å². The zero-order valence-electron chi connectivity index (χ0n) is 16.3. The Hall–Kier alpha value is -2.13. The fourth-order valence-electron chi connectivity index (χ4n) is 2.56. The smallest absolute Gasteiger partial charge is 0.357 e. The average Bonchev–Trinajstić information content (AvgIpc) is 3.09. The van der Waals surface area contributed by atoms with Crippen LogP contribution in [0.2, 0.25) is 0 Å². The lowest BCUT2D eigenvalue weighted by Crippen LogP contribution is -2.38. The highest BCUT2D eigenvalue weighted by Crippen LogP contribution is 2.29. The van der Waals surface area contributed by atoms with Crippen molar-refractivity contribution in [2.45, 2.75) is 32.6 Å². The molecule has 0 aliphatic rings. The molecule has 28 heavy (non-hydrogen) atoms. The molecule has 0 fully saturated rings. The van der Waals surface area contributed by atoms with Crippen molar-refractivity contribution in [1.82, 2.24) is 20.5 Å². The summed E-state index contributed by atoms with van der Waals surface area (Å²) in [5, 5.41) is 7.82. The van der Waals surface area contributed by atoms with E-state index in [2.05, 4.69) is 37.6 Å². The predicted octanol–water partition coefficient (Wildman–Crippen LogP) is 3.52. The molecule has 0 saturated carbocycles. The van der Waals surface area contributed by atoms with E-state index in [0.717, 1.165) is 28.8 Å². The average molecular weight is 414 g/mol. The van der Waals surface area contributed by atoms with Crippen LogP contribution in [0, 0.1) is 0 Å². The largest absolute Gasteiger partial charge is 0.434 e. The number of thiazole rings is 1. The summed E-state index contributed by atoms with van der Waals surface area (Å²) in [7, 11) is 4.04. The minimum absolute atomic E-state index is 0.405. The Morgan fingerprint density at radius 1 is 1.18 bits per heavy atom. The molecule has 0 radical (unpaired) electrons. The molecule has 0 unspecified atom stereocenters. The number of rotatable bonds is 8. The van der Waals surface area contributed by atoms with Gasteiger partial charge in [-0.05, 0) is 32.1 Å². The van der Waals surface area contributed by atoms with E-state index in [1.807, 2.05) is 33.2 Å². The van der Waals surface area contributed by atoms with Crippen LogP contribution in [0.1, 0.15) is 28.8 Å². The van der Waals surface area contributed by atoms with E-state index in [1.54, 1.807) is 0 Å². The number of aliphatic imine (C=N–C) groups is 1. The minimum atomic E-state index is -4.39. The number of hydrogen-bond acceptors (Lipinski definition) is 4. The third kappa shape index (κ3) is 7.12. The van der Waals surface area contributed by atoms with Crippen LogP contribution in [0.15, 0.2) is 34.6 Å². The number of nitrogens with zero attached hydrogens (tertiary/aromatic N) is 3. The van der Waals surface area contributed by atoms with Gasteiger partial charge < -0.3 is 15.5 Å². The van der Waals surface area contributed by atoms with Crippen LogP contribution >= 0.6 is 11.3 Å². The van der Waals surface area contributed by atoms with Crippen molar-refractivity contribution in [1.29, 1.82) is 0 Å². The van der Waals surface area contributed by atoms with Gasteiger partial charge in [-0.3, -0.25) is 0 Å². The van der Waals surface area contributed by atoms with Gasteiger partial charge in [0.25, 0.3) is 0 Å². The molecule has 0 aliphatic heterocycles. The molecule has 5 nitrogen and oxygen atoms in total. The van der Waals surface area contributed by atoms with E-state index in [9.17, 15) is 13.2 Å². The Morgan fingerprint density at radius 2 is 1.89 bits per heavy atom. The van der Waals surface area contributed by atoms with Gasteiger partial charge in [-0.15, -0.1) is 11.3 Å². The van der Waals surface area contributed by atoms with Gasteiger partial charge in [0.15, 0.2) is 11.7 Å². The van der Waals surface area contributed by atoms with Crippen LogP contribution in [0.5, 0.6) is 0 Å². The molecule has 1 aromatic carbocycles. The lowest BCUT2D eigenvalue weighted by molar-refractivity contribution is -0.140. The first-order chi connectivity index (χ1) is 13.3. The first-order valence-electron chi connectivity index (χ1n) is 9.05. The number of alkyl halides is 3. The molecule has 154 valence electrons. The van der Waals surface area contributed by atoms with Crippen LogP contribution < -0.4 is 10.6 Å². The lowest BCUT2D eigenvalue weighted by atomic mass is 10.1. The normalized spacial score (nSPS) is 12.5. The van der Waals surface area contributed by atoms with Crippen LogP contribution in [0.3, 0.4) is 0 Å². The van der Waals surface area contributed by atoms with Gasteiger partial charge in [0.1, 0.15) is 0 Å². The fraction of sp³-hybridized carbons (Fsp3) is 0.474. The molecular weight excluding hydrogens is 387 g/mol. The van der Waals surface area contributed by atoms with Gasteiger partial charge >= 0.3 is 6.18 Å². The molecule has 0 aliphatic carbocycles. The number of benzene rings is 1. The SMILES string of the molecule is CCNC(=NCc1ccccc1CN(C)C)NCCc1nc(C(F)(F)F)cs1. The van der Waals surface area contributed by atoms with E-state index in [-0.39, 0.29) is 0 Å². The second kappa shape index (κ2) is 10.4. The molecule has 0 spiro atoms. The summed E-state index contributed by atoms with van der Waals surface area (Å²) in [6.07, 6.45) is -3.99. The molecule has 1 heterocycles. The van der Waals surface area contributed by atoms with Crippen LogP contribution in [0.4, 0.5) is 13.2 Å². The molecule has 2 N–H and O–H groups in total. The van der Waals surface area contributed by atoms with Crippen molar-refractivity contribution in [2.24, 2.45) is 4.99 Å². The Balaban J connectivity index is 1.95. The Kier molecular flexibility index (Phi) is 8.25. The van der Waals surface area contributed by atoms with Crippen LogP contribution in [-0.2, 0) is 25.7 Å². The summed E-state index contributed by atoms with van der Waals surface area (Å²) in [5.74, 6) is 0.634. The maximum Gasteiger partial charge on any atom is 0.434 e. The number of nitrogens with one attached hydrogen (secondary N) is 2. The van der Waals surface area contributed by atoms with E-state index in [1.165, 1.54) is 5.56 Å². The summed E-state index contributed by atoms with van der Waals surface area (Å²) in [4.78, 5) is 10.4. The van der Waals surface area contributed by atoms with Gasteiger partial charge in [0, 0.05) is 31.4 Å². The number of hydrogen-bond donors (Lipinski definition) is 2. The molecule has 9 heteroatoms. The van der Waals surface area contributed by atoms with Crippen LogP contribution in [0.25, 0.3) is 0 Å². The minimum Gasteiger partial charge on any atom is -0.357 e. The van der Waals surface area contributed by atoms with Crippen molar-refractivity contribution in [3.05, 3.63) is 51.5 Å². The first kappa shape index (κ1) is 22.2. The Bertz CT molecular complexity index is 771. The number of aromatic nitrogens is 1. The number of halogens is 3. The molecule has 1 aromatic heterocycles. The summed E-state index contributed by atoms with van der Waals surface area (Å²) < 4.78 is 37.9. The van der Waals surface area contributed by atoms with Crippen molar-refractivity contribution >= 4 is 17.3 Å². The molecule has 0 amide bonds. The lowest BCUT2D eigenvalue weighted by Gasteiger charge is -2.14. The van der Waals surface area contributed by atoms with E-state index in [0.29, 0.717) is 37.0 Å². The zero-order chi connectivity index (χ0) is 20.6. The summed E-state index contributed by atoms with van der Waals surface area (Å²) in [5.41, 5.74) is 1.53. The highest BCUT2D eigenvalue weighted by atomic mass is 32.1. The zero-order valence-corrected chi connectivity index (χ0v) is 17.1. The second-order valence-corrected chi connectivity index (χ2v) is 7.45. The Labute approximate surface area is 167 Å². The van der Waals surface area contributed by atoms with Gasteiger partial charge in [0.05, 0.1) is 11.6 Å². The van der Waals surface area contributed by atoms with Crippen molar-refractivity contribution in [3.8, 4) is 0 Å². The highest BCUT2D eigenvalue weighted by Gasteiger charge is 2.33. The quantitative estimate of drug-likeness (QED) is 0.514. The summed E-state index contributed by atoms with van der Waals surface area (Å²) in [6, 6.07) is 8.15. The van der Waals surface area contributed by atoms with E-state index < -0.39 is 11.9 Å². The third-order valence-electron chi connectivity index (χ3n) is 3.83. The Morgan fingerprint density at radius 3 is 2.50 bits per heavy atom. The fourth-order valence-corrected chi connectivity index (χ4v) is 3.36. The van der Waals surface area contributed by atoms with E-state index in [4.69, 9.17) is 0 Å². The maximum absolute atomic E-state index is 12.6. The van der Waals surface area contributed by atoms with Gasteiger partial charge in [-0.25, -0.2) is 9.98 Å². The molecular formula is C19H26F3N5S. The molecule has 0 saturated heterocycles. The van der Waals surface area contributed by atoms with Gasteiger partial charge in [0.2, 0.25) is 0 Å². The maximum atomic E-state index is 12.6. The monoisotopic (exact) mass is 413 g/mol. The summed E-state index contributed by atoms with van der Waals surface area (Å²) in [6.45, 7) is 4.47. The molecule has 2 aromatic rings.